The molecular formula is C16H21N3O4S. The molecule has 0 unspecified atom stereocenters. The number of methoxy groups -OCH3 is 2. The molecule has 130 valence electrons. The van der Waals surface area contributed by atoms with Gasteiger partial charge in [-0.05, 0) is 24.4 Å². The van der Waals surface area contributed by atoms with E-state index in [1.54, 1.807) is 26.4 Å². The molecule has 0 spiro atoms. The van der Waals surface area contributed by atoms with Gasteiger partial charge >= 0.3 is 0 Å². The molecule has 0 aliphatic rings. The van der Waals surface area contributed by atoms with Gasteiger partial charge in [-0.1, -0.05) is 0 Å². The molecule has 0 atom stereocenters. The van der Waals surface area contributed by atoms with E-state index in [0.29, 0.717) is 41.6 Å². The lowest BCUT2D eigenvalue weighted by Crippen LogP contribution is -2.25. The monoisotopic (exact) mass is 351 g/mol. The third-order valence-electron chi connectivity index (χ3n) is 3.52. The van der Waals surface area contributed by atoms with Gasteiger partial charge in [0.1, 0.15) is 11.5 Å². The molecule has 0 aliphatic heterocycles. The Morgan fingerprint density at radius 2 is 2.04 bits per heavy atom. The molecule has 2 aromatic rings. The largest absolute Gasteiger partial charge is 0.497 e. The van der Waals surface area contributed by atoms with Crippen molar-refractivity contribution in [1.29, 1.82) is 0 Å². The van der Waals surface area contributed by atoms with Crippen LogP contribution < -0.4 is 20.3 Å². The fourth-order valence-corrected chi connectivity index (χ4v) is 2.66. The van der Waals surface area contributed by atoms with Crippen molar-refractivity contribution in [3.8, 4) is 22.8 Å². The van der Waals surface area contributed by atoms with E-state index in [1.807, 2.05) is 10.6 Å². The smallest absolute Gasteiger partial charge is 0.252 e. The van der Waals surface area contributed by atoms with Gasteiger partial charge in [0, 0.05) is 37.3 Å². The minimum atomic E-state index is -0.271. The van der Waals surface area contributed by atoms with E-state index < -0.39 is 0 Å². The van der Waals surface area contributed by atoms with Gasteiger partial charge in [0.2, 0.25) is 0 Å². The Balaban J connectivity index is 2.49. The molecule has 0 radical (unpaired) electrons. The number of benzene rings is 1. The molecule has 0 fully saturated rings. The van der Waals surface area contributed by atoms with Crippen molar-refractivity contribution >= 4 is 12.2 Å². The van der Waals surface area contributed by atoms with Crippen LogP contribution in [0.3, 0.4) is 0 Å². The van der Waals surface area contributed by atoms with Crippen LogP contribution in [0.25, 0.3) is 11.3 Å². The lowest BCUT2D eigenvalue weighted by molar-refractivity contribution is 0.291. The number of hydrogen-bond donors (Lipinski definition) is 3. The fraction of sp³-hybridized carbons (Fsp3) is 0.375. The molecule has 2 rings (SSSR count). The van der Waals surface area contributed by atoms with E-state index in [-0.39, 0.29) is 12.2 Å². The Morgan fingerprint density at radius 3 is 2.71 bits per heavy atom. The van der Waals surface area contributed by atoms with Crippen molar-refractivity contribution in [2.75, 3.05) is 33.9 Å². The maximum Gasteiger partial charge on any atom is 0.252 e. The van der Waals surface area contributed by atoms with Crippen LogP contribution >= 0.6 is 12.2 Å². The van der Waals surface area contributed by atoms with Gasteiger partial charge in [-0.3, -0.25) is 9.78 Å². The molecule has 1 heterocycles. The first kappa shape index (κ1) is 18.2. The van der Waals surface area contributed by atoms with E-state index in [1.165, 1.54) is 6.07 Å². The highest BCUT2D eigenvalue weighted by atomic mass is 32.1. The van der Waals surface area contributed by atoms with Gasteiger partial charge in [0.05, 0.1) is 26.5 Å². The first-order chi connectivity index (χ1) is 11.6. The Labute approximate surface area is 144 Å². The molecule has 24 heavy (non-hydrogen) atoms. The van der Waals surface area contributed by atoms with Crippen molar-refractivity contribution in [1.82, 2.24) is 14.9 Å². The lowest BCUT2D eigenvalue weighted by atomic mass is 10.1. The molecule has 0 saturated carbocycles. The minimum Gasteiger partial charge on any atom is -0.497 e. The molecule has 0 amide bonds. The van der Waals surface area contributed by atoms with Crippen molar-refractivity contribution < 1.29 is 14.6 Å². The van der Waals surface area contributed by atoms with Gasteiger partial charge in [-0.25, -0.2) is 0 Å². The quantitative estimate of drug-likeness (QED) is 0.489. The zero-order chi connectivity index (χ0) is 17.5. The topological polar surface area (TPSA) is 88.5 Å². The number of H-pyrrole nitrogens is 1. The van der Waals surface area contributed by atoms with Crippen LogP contribution in [0.15, 0.2) is 29.1 Å². The highest BCUT2D eigenvalue weighted by Gasteiger charge is 2.13. The highest BCUT2D eigenvalue weighted by molar-refractivity contribution is 7.71. The van der Waals surface area contributed by atoms with E-state index >= 15 is 0 Å². The van der Waals surface area contributed by atoms with E-state index in [0.717, 1.165) is 5.56 Å². The molecule has 0 aliphatic carbocycles. The Morgan fingerprint density at radius 1 is 1.25 bits per heavy atom. The molecule has 7 nitrogen and oxygen atoms in total. The summed E-state index contributed by atoms with van der Waals surface area (Å²) in [7, 11) is 3.14. The van der Waals surface area contributed by atoms with Gasteiger partial charge < -0.3 is 24.5 Å². The molecule has 0 saturated heterocycles. The number of ether oxygens (including phenoxy) is 2. The Bertz CT molecular complexity index is 801. The number of aromatic amines is 1. The third-order valence-corrected chi connectivity index (χ3v) is 3.84. The highest BCUT2D eigenvalue weighted by Crippen LogP contribution is 2.32. The predicted molar refractivity (Wildman–Crippen MR) is 94.4 cm³/mol. The SMILES string of the molecule is COc1ccc(-c2cc(=O)[nH]c(=S)n2CCNCCO)c(OC)c1. The Kier molecular flexibility index (Phi) is 6.53. The Hall–Kier alpha value is -2.16. The number of rotatable bonds is 8. The third kappa shape index (κ3) is 4.22. The van der Waals surface area contributed by atoms with Crippen LogP contribution in [0.5, 0.6) is 11.5 Å². The second-order valence-electron chi connectivity index (χ2n) is 5.02. The summed E-state index contributed by atoms with van der Waals surface area (Å²) in [5.74, 6) is 1.25. The summed E-state index contributed by atoms with van der Waals surface area (Å²) in [6, 6.07) is 6.88. The van der Waals surface area contributed by atoms with Gasteiger partial charge in [-0.2, -0.15) is 0 Å². The maximum absolute atomic E-state index is 11.9. The van der Waals surface area contributed by atoms with E-state index in [9.17, 15) is 4.79 Å². The number of aliphatic hydroxyl groups excluding tert-OH is 1. The predicted octanol–water partition coefficient (Wildman–Crippen LogP) is 1.17. The molecule has 3 N–H and O–H groups in total. The first-order valence-electron chi connectivity index (χ1n) is 7.49. The summed E-state index contributed by atoms with van der Waals surface area (Å²) in [5, 5.41) is 11.9. The second-order valence-corrected chi connectivity index (χ2v) is 5.40. The van der Waals surface area contributed by atoms with Crippen LogP contribution in [0.1, 0.15) is 0 Å². The van der Waals surface area contributed by atoms with Crippen molar-refractivity contribution in [2.45, 2.75) is 6.54 Å². The lowest BCUT2D eigenvalue weighted by Gasteiger charge is -2.16. The maximum atomic E-state index is 11.9. The van der Waals surface area contributed by atoms with Crippen LogP contribution in [0.2, 0.25) is 0 Å². The summed E-state index contributed by atoms with van der Waals surface area (Å²) in [5.41, 5.74) is 1.14. The zero-order valence-electron chi connectivity index (χ0n) is 13.7. The van der Waals surface area contributed by atoms with Crippen LogP contribution in [-0.4, -0.2) is 48.6 Å². The molecule has 1 aromatic heterocycles. The van der Waals surface area contributed by atoms with Crippen molar-refractivity contribution in [2.24, 2.45) is 0 Å². The minimum absolute atomic E-state index is 0.0657. The molecule has 0 bridgehead atoms. The van der Waals surface area contributed by atoms with Crippen molar-refractivity contribution in [3.05, 3.63) is 39.4 Å². The van der Waals surface area contributed by atoms with Crippen LogP contribution in [0.4, 0.5) is 0 Å². The summed E-state index contributed by atoms with van der Waals surface area (Å²) < 4.78 is 12.8. The van der Waals surface area contributed by atoms with E-state index in [2.05, 4.69) is 10.3 Å². The number of nitrogens with one attached hydrogen (secondary N) is 2. The fourth-order valence-electron chi connectivity index (χ4n) is 2.37. The number of aliphatic hydroxyl groups is 1. The van der Waals surface area contributed by atoms with Gasteiger partial charge in [-0.15, -0.1) is 0 Å². The normalized spacial score (nSPS) is 10.6. The number of nitrogens with zero attached hydrogens (tertiary/aromatic N) is 1. The van der Waals surface area contributed by atoms with Crippen LogP contribution in [0, 0.1) is 4.77 Å². The number of hydrogen-bond acceptors (Lipinski definition) is 6. The summed E-state index contributed by atoms with van der Waals surface area (Å²) in [4.78, 5) is 14.5. The second kappa shape index (κ2) is 8.62. The first-order valence-corrected chi connectivity index (χ1v) is 7.89. The van der Waals surface area contributed by atoms with Gasteiger partial charge in [0.25, 0.3) is 5.56 Å². The standard InChI is InChI=1S/C16H21N3O4S/c1-22-11-3-4-12(14(9-11)23-2)13-10-15(21)18-16(24)19(13)7-5-17-6-8-20/h3-4,9-10,17,20H,5-8H2,1-2H3,(H,18,21,24). The van der Waals surface area contributed by atoms with E-state index in [4.69, 9.17) is 26.8 Å². The molecular weight excluding hydrogens is 330 g/mol. The summed E-state index contributed by atoms with van der Waals surface area (Å²) >= 11 is 5.30. The number of aromatic nitrogens is 2. The van der Waals surface area contributed by atoms with Gasteiger partial charge in [0.15, 0.2) is 4.77 Å². The summed E-state index contributed by atoms with van der Waals surface area (Å²) in [6.07, 6.45) is 0. The van der Waals surface area contributed by atoms with Crippen LogP contribution in [-0.2, 0) is 6.54 Å². The summed E-state index contributed by atoms with van der Waals surface area (Å²) in [6.45, 7) is 1.71. The average molecular weight is 351 g/mol. The molecule has 8 heteroatoms. The van der Waals surface area contributed by atoms with Crippen molar-refractivity contribution in [3.63, 3.8) is 0 Å². The zero-order valence-corrected chi connectivity index (χ0v) is 14.5. The molecule has 1 aromatic carbocycles. The average Bonchev–Trinajstić information content (AvgIpc) is 2.59.